The highest BCUT2D eigenvalue weighted by molar-refractivity contribution is 6.00. The van der Waals surface area contributed by atoms with Crippen LogP contribution in [0.2, 0.25) is 0 Å². The van der Waals surface area contributed by atoms with Crippen LogP contribution in [0.15, 0.2) is 46.6 Å². The van der Waals surface area contributed by atoms with Gasteiger partial charge in [0, 0.05) is 17.6 Å². The van der Waals surface area contributed by atoms with Crippen LogP contribution in [0.3, 0.4) is 0 Å². The number of ketones is 1. The van der Waals surface area contributed by atoms with Crippen molar-refractivity contribution in [3.05, 3.63) is 46.6 Å². The Labute approximate surface area is 129 Å². The molecule has 2 bridgehead atoms. The molecule has 3 atom stereocenters. The van der Waals surface area contributed by atoms with E-state index in [1.165, 1.54) is 0 Å². The zero-order valence-corrected chi connectivity index (χ0v) is 12.6. The molecule has 0 aromatic rings. The fourth-order valence-electron chi connectivity index (χ4n) is 4.00. The third-order valence-electron chi connectivity index (χ3n) is 5.14. The minimum atomic E-state index is -0.616. The van der Waals surface area contributed by atoms with Gasteiger partial charge in [-0.25, -0.2) is 4.79 Å². The minimum Gasteiger partial charge on any atom is -0.428 e. The average Bonchev–Trinajstić information content (AvgIpc) is 3.21. The summed E-state index contributed by atoms with van der Waals surface area (Å²) in [7, 11) is 0. The molecule has 4 aliphatic rings. The summed E-state index contributed by atoms with van der Waals surface area (Å²) in [6.45, 7) is 5.61. The van der Waals surface area contributed by atoms with E-state index in [0.717, 1.165) is 40.7 Å². The SMILES string of the molecule is C=CCC1=C(C)C(OC2OC(=O)C3=C2C2CC=C3C2)CC1=O. The number of Topliss-reactive ketones (excluding diaryl/α,β-unsaturated/α-hetero) is 1. The Morgan fingerprint density at radius 3 is 3.00 bits per heavy atom. The van der Waals surface area contributed by atoms with Crippen molar-refractivity contribution in [1.29, 1.82) is 0 Å². The Balaban J connectivity index is 1.57. The molecule has 22 heavy (non-hydrogen) atoms. The van der Waals surface area contributed by atoms with Crippen LogP contribution < -0.4 is 0 Å². The molecule has 0 spiro atoms. The van der Waals surface area contributed by atoms with Gasteiger partial charge in [0.15, 0.2) is 5.78 Å². The second-order valence-corrected chi connectivity index (χ2v) is 6.34. The molecule has 0 radical (unpaired) electrons. The van der Waals surface area contributed by atoms with E-state index in [-0.39, 0.29) is 17.9 Å². The van der Waals surface area contributed by atoms with Crippen LogP contribution in [0.25, 0.3) is 0 Å². The number of hydrogen-bond donors (Lipinski definition) is 0. The number of allylic oxidation sites excluding steroid dienone is 3. The first-order valence-corrected chi connectivity index (χ1v) is 7.73. The fraction of sp³-hybridized carbons (Fsp3) is 0.444. The molecular formula is C18H18O4. The first-order chi connectivity index (χ1) is 10.6. The Morgan fingerprint density at radius 2 is 2.23 bits per heavy atom. The summed E-state index contributed by atoms with van der Waals surface area (Å²) < 4.78 is 11.4. The number of cyclic esters (lactones) is 1. The van der Waals surface area contributed by atoms with Crippen LogP contribution in [0.1, 0.15) is 32.6 Å². The van der Waals surface area contributed by atoms with Crippen LogP contribution in [0, 0.1) is 5.92 Å². The quantitative estimate of drug-likeness (QED) is 0.591. The number of carbonyl (C=O) groups is 2. The molecule has 4 heteroatoms. The summed E-state index contributed by atoms with van der Waals surface area (Å²) >= 11 is 0. The largest absolute Gasteiger partial charge is 0.428 e. The van der Waals surface area contributed by atoms with Crippen LogP contribution in [-0.2, 0) is 19.1 Å². The molecule has 0 saturated carbocycles. The first kappa shape index (κ1) is 13.7. The maximum atomic E-state index is 12.1. The highest BCUT2D eigenvalue weighted by Gasteiger charge is 2.48. The lowest BCUT2D eigenvalue weighted by Gasteiger charge is -2.22. The summed E-state index contributed by atoms with van der Waals surface area (Å²) in [5, 5.41) is 0. The Hall–Kier alpha value is -1.94. The molecule has 0 amide bonds. The fourth-order valence-corrected chi connectivity index (χ4v) is 4.00. The summed E-state index contributed by atoms with van der Waals surface area (Å²) in [6, 6.07) is 0. The second kappa shape index (κ2) is 4.78. The van der Waals surface area contributed by atoms with E-state index < -0.39 is 6.29 Å². The van der Waals surface area contributed by atoms with Gasteiger partial charge in [-0.05, 0) is 43.3 Å². The van der Waals surface area contributed by atoms with Gasteiger partial charge in [-0.2, -0.15) is 0 Å². The van der Waals surface area contributed by atoms with Crippen molar-refractivity contribution in [3.63, 3.8) is 0 Å². The van der Waals surface area contributed by atoms with Gasteiger partial charge < -0.3 is 9.47 Å². The third-order valence-corrected chi connectivity index (χ3v) is 5.14. The van der Waals surface area contributed by atoms with E-state index in [0.29, 0.717) is 18.8 Å². The molecule has 0 saturated heterocycles. The average molecular weight is 298 g/mol. The van der Waals surface area contributed by atoms with Crippen molar-refractivity contribution >= 4 is 11.8 Å². The number of rotatable bonds is 4. The number of fused-ring (bicyclic) bond motifs is 4. The zero-order chi connectivity index (χ0) is 15.4. The molecule has 4 rings (SSSR count). The van der Waals surface area contributed by atoms with Gasteiger partial charge in [0.25, 0.3) is 0 Å². The summed E-state index contributed by atoms with van der Waals surface area (Å²) in [6.07, 6.45) is 5.74. The molecule has 1 heterocycles. The smallest absolute Gasteiger partial charge is 0.341 e. The topological polar surface area (TPSA) is 52.6 Å². The summed E-state index contributed by atoms with van der Waals surface area (Å²) in [5.41, 5.74) is 4.57. The van der Waals surface area contributed by atoms with Gasteiger partial charge in [-0.1, -0.05) is 12.2 Å². The van der Waals surface area contributed by atoms with Crippen molar-refractivity contribution in [1.82, 2.24) is 0 Å². The highest BCUT2D eigenvalue weighted by atomic mass is 16.7. The van der Waals surface area contributed by atoms with Gasteiger partial charge in [0.1, 0.15) is 0 Å². The van der Waals surface area contributed by atoms with E-state index >= 15 is 0 Å². The lowest BCUT2D eigenvalue weighted by molar-refractivity contribution is -0.166. The van der Waals surface area contributed by atoms with Gasteiger partial charge in [0.2, 0.25) is 6.29 Å². The lowest BCUT2D eigenvalue weighted by Crippen LogP contribution is -2.26. The summed E-state index contributed by atoms with van der Waals surface area (Å²) in [5.74, 6) is 0.179. The summed E-state index contributed by atoms with van der Waals surface area (Å²) in [4.78, 5) is 24.1. The third kappa shape index (κ3) is 1.80. The lowest BCUT2D eigenvalue weighted by atomic mass is 9.97. The molecular weight excluding hydrogens is 280 g/mol. The van der Waals surface area contributed by atoms with Crippen molar-refractivity contribution in [2.45, 2.75) is 45.0 Å². The number of carbonyl (C=O) groups excluding carboxylic acids is 2. The van der Waals surface area contributed by atoms with Gasteiger partial charge in [-0.15, -0.1) is 6.58 Å². The number of ether oxygens (including phenoxy) is 2. The molecule has 3 aliphatic carbocycles. The molecule has 114 valence electrons. The molecule has 0 N–H and O–H groups in total. The predicted molar refractivity (Wildman–Crippen MR) is 79.7 cm³/mol. The Morgan fingerprint density at radius 1 is 1.41 bits per heavy atom. The van der Waals surface area contributed by atoms with E-state index in [1.54, 1.807) is 6.08 Å². The van der Waals surface area contributed by atoms with Crippen LogP contribution in [0.5, 0.6) is 0 Å². The zero-order valence-electron chi connectivity index (χ0n) is 12.6. The standard InChI is InChI=1S/C18H18O4/c1-3-4-12-9(2)14(8-13(12)19)21-18-16-11-6-5-10(7-11)15(16)17(20)22-18/h3,5,11,14,18H,1,4,6-8H2,2H3. The van der Waals surface area contributed by atoms with Crippen molar-refractivity contribution in [3.8, 4) is 0 Å². The van der Waals surface area contributed by atoms with E-state index in [4.69, 9.17) is 9.47 Å². The van der Waals surface area contributed by atoms with Crippen molar-refractivity contribution in [2.24, 2.45) is 5.92 Å². The van der Waals surface area contributed by atoms with Crippen molar-refractivity contribution in [2.75, 3.05) is 0 Å². The normalized spacial score (nSPS) is 32.8. The van der Waals surface area contributed by atoms with Gasteiger partial charge in [-0.3, -0.25) is 4.79 Å². The number of esters is 1. The molecule has 4 nitrogen and oxygen atoms in total. The Kier molecular flexibility index (Phi) is 2.98. The monoisotopic (exact) mass is 298 g/mol. The number of hydrogen-bond acceptors (Lipinski definition) is 4. The maximum absolute atomic E-state index is 12.1. The van der Waals surface area contributed by atoms with E-state index in [2.05, 4.69) is 12.7 Å². The van der Waals surface area contributed by atoms with Gasteiger partial charge in [0.05, 0.1) is 11.7 Å². The van der Waals surface area contributed by atoms with Crippen LogP contribution >= 0.6 is 0 Å². The Bertz CT molecular complexity index is 692. The van der Waals surface area contributed by atoms with Gasteiger partial charge >= 0.3 is 5.97 Å². The minimum absolute atomic E-state index is 0.108. The first-order valence-electron chi connectivity index (χ1n) is 7.73. The molecule has 0 aromatic carbocycles. The maximum Gasteiger partial charge on any atom is 0.341 e. The van der Waals surface area contributed by atoms with E-state index in [1.807, 2.05) is 6.92 Å². The van der Waals surface area contributed by atoms with Crippen molar-refractivity contribution < 1.29 is 19.1 Å². The molecule has 0 fully saturated rings. The van der Waals surface area contributed by atoms with E-state index in [9.17, 15) is 9.59 Å². The predicted octanol–water partition coefficient (Wildman–Crippen LogP) is 2.77. The van der Waals surface area contributed by atoms with Crippen LogP contribution in [0.4, 0.5) is 0 Å². The molecule has 3 unspecified atom stereocenters. The second-order valence-electron chi connectivity index (χ2n) is 6.34. The highest BCUT2D eigenvalue weighted by Crippen LogP contribution is 2.50. The van der Waals surface area contributed by atoms with Crippen LogP contribution in [-0.4, -0.2) is 24.1 Å². The molecule has 1 aliphatic heterocycles. The molecule has 0 aromatic heterocycles.